The molecule has 0 unspecified atom stereocenters. The van der Waals surface area contributed by atoms with Gasteiger partial charge < -0.3 is 10.6 Å². The van der Waals surface area contributed by atoms with E-state index in [0.29, 0.717) is 19.0 Å². The molecule has 0 spiro atoms. The molecule has 0 amide bonds. The Balaban J connectivity index is 0.00000420. The third-order valence-electron chi connectivity index (χ3n) is 3.85. The van der Waals surface area contributed by atoms with Gasteiger partial charge in [0.25, 0.3) is 5.69 Å². The van der Waals surface area contributed by atoms with Crippen LogP contribution in [0.25, 0.3) is 0 Å². The molecule has 0 saturated carbocycles. The molecule has 158 valence electrons. The quantitative estimate of drug-likeness (QED) is 0.119. The maximum Gasteiger partial charge on any atom is 0.270 e. The van der Waals surface area contributed by atoms with Gasteiger partial charge >= 0.3 is 0 Å². The molecule has 0 aliphatic carbocycles. The largest absolute Gasteiger partial charge is 0.355 e. The summed E-state index contributed by atoms with van der Waals surface area (Å²) in [4.78, 5) is 14.1. The van der Waals surface area contributed by atoms with Crippen LogP contribution in [0.15, 0.2) is 58.4 Å². The fourth-order valence-electron chi connectivity index (χ4n) is 2.33. The van der Waals surface area contributed by atoms with Crippen molar-refractivity contribution in [2.45, 2.75) is 18.4 Å². The van der Waals surface area contributed by atoms with Crippen molar-refractivity contribution in [3.63, 3.8) is 0 Å². The predicted octanol–water partition coefficient (Wildman–Crippen LogP) is 2.16. The zero-order valence-corrected chi connectivity index (χ0v) is 19.2. The lowest BCUT2D eigenvalue weighted by Crippen LogP contribution is -2.41. The lowest BCUT2D eigenvalue weighted by molar-refractivity contribution is -0.385. The standard InChI is InChI=1S/C18H23N5O4S.HI/c1-14-6-8-15(9-7-14)13-21-18(19-2)20-10-11-22-28(26,27)17-5-3-4-16(12-17)23(24)25;/h3-9,12,22H,10-11,13H2,1-2H3,(H2,19,20,21);1H. The summed E-state index contributed by atoms with van der Waals surface area (Å²) >= 11 is 0. The Labute approximate surface area is 187 Å². The first kappa shape index (κ1) is 24.8. The molecule has 0 aromatic heterocycles. The van der Waals surface area contributed by atoms with Crippen LogP contribution in [0, 0.1) is 17.0 Å². The van der Waals surface area contributed by atoms with E-state index in [1.54, 1.807) is 7.05 Å². The summed E-state index contributed by atoms with van der Waals surface area (Å²) in [6, 6.07) is 13.0. The molecule has 0 fully saturated rings. The number of nitro groups is 1. The van der Waals surface area contributed by atoms with E-state index in [0.717, 1.165) is 11.6 Å². The number of aryl methyl sites for hydroxylation is 1. The van der Waals surface area contributed by atoms with Gasteiger partial charge in [-0.2, -0.15) is 0 Å². The minimum Gasteiger partial charge on any atom is -0.355 e. The summed E-state index contributed by atoms with van der Waals surface area (Å²) in [7, 11) is -2.21. The molecule has 0 atom stereocenters. The van der Waals surface area contributed by atoms with E-state index < -0.39 is 14.9 Å². The van der Waals surface area contributed by atoms with Crippen molar-refractivity contribution in [1.82, 2.24) is 15.4 Å². The minimum atomic E-state index is -3.84. The molecule has 11 heteroatoms. The van der Waals surface area contributed by atoms with Gasteiger partial charge in [0, 0.05) is 38.8 Å². The smallest absolute Gasteiger partial charge is 0.270 e. The van der Waals surface area contributed by atoms with E-state index in [1.807, 2.05) is 31.2 Å². The molecule has 0 bridgehead atoms. The number of nitro benzene ring substituents is 1. The monoisotopic (exact) mass is 533 g/mol. The second-order valence-electron chi connectivity index (χ2n) is 5.99. The molecule has 0 heterocycles. The molecule has 0 aliphatic heterocycles. The van der Waals surface area contributed by atoms with Crippen molar-refractivity contribution < 1.29 is 13.3 Å². The van der Waals surface area contributed by atoms with Gasteiger partial charge in [0.15, 0.2) is 5.96 Å². The first-order valence-electron chi connectivity index (χ1n) is 8.56. The number of aliphatic imine (C=N–C) groups is 1. The third kappa shape index (κ3) is 7.95. The minimum absolute atomic E-state index is 0. The highest BCUT2D eigenvalue weighted by Crippen LogP contribution is 2.16. The number of nitrogens with zero attached hydrogens (tertiary/aromatic N) is 2. The Kier molecular flexibility index (Phi) is 9.98. The number of guanidine groups is 1. The predicted molar refractivity (Wildman–Crippen MR) is 123 cm³/mol. The zero-order chi connectivity index (χ0) is 20.6. The molecule has 29 heavy (non-hydrogen) atoms. The fourth-order valence-corrected chi connectivity index (χ4v) is 3.40. The van der Waals surface area contributed by atoms with E-state index in [2.05, 4.69) is 20.3 Å². The van der Waals surface area contributed by atoms with Crippen LogP contribution in [0.4, 0.5) is 5.69 Å². The third-order valence-corrected chi connectivity index (χ3v) is 5.31. The van der Waals surface area contributed by atoms with Gasteiger partial charge in [0.1, 0.15) is 0 Å². The van der Waals surface area contributed by atoms with Crippen LogP contribution in [-0.4, -0.2) is 39.4 Å². The van der Waals surface area contributed by atoms with Crippen molar-refractivity contribution in [2.75, 3.05) is 20.1 Å². The Morgan fingerprint density at radius 2 is 1.79 bits per heavy atom. The number of rotatable bonds is 8. The Hall–Kier alpha value is -2.25. The molecule has 0 aliphatic rings. The van der Waals surface area contributed by atoms with E-state index >= 15 is 0 Å². The van der Waals surface area contributed by atoms with Gasteiger partial charge in [-0.3, -0.25) is 15.1 Å². The van der Waals surface area contributed by atoms with Gasteiger partial charge in [-0.25, -0.2) is 13.1 Å². The van der Waals surface area contributed by atoms with E-state index in [1.165, 1.54) is 23.8 Å². The van der Waals surface area contributed by atoms with Crippen molar-refractivity contribution in [3.8, 4) is 0 Å². The Morgan fingerprint density at radius 1 is 1.10 bits per heavy atom. The van der Waals surface area contributed by atoms with Crippen LogP contribution in [0.5, 0.6) is 0 Å². The van der Waals surface area contributed by atoms with Crippen LogP contribution in [-0.2, 0) is 16.6 Å². The van der Waals surface area contributed by atoms with Crippen molar-refractivity contribution >= 4 is 45.6 Å². The first-order chi connectivity index (χ1) is 13.3. The van der Waals surface area contributed by atoms with Crippen LogP contribution >= 0.6 is 24.0 Å². The first-order valence-corrected chi connectivity index (χ1v) is 10.0. The summed E-state index contributed by atoms with van der Waals surface area (Å²) in [5, 5.41) is 16.9. The van der Waals surface area contributed by atoms with E-state index in [9.17, 15) is 18.5 Å². The Bertz CT molecular complexity index is 949. The summed E-state index contributed by atoms with van der Waals surface area (Å²) in [5.41, 5.74) is 2.00. The molecule has 3 N–H and O–H groups in total. The molecular formula is C18H24IN5O4S. The van der Waals surface area contributed by atoms with Crippen LogP contribution in [0.3, 0.4) is 0 Å². The van der Waals surface area contributed by atoms with Crippen molar-refractivity contribution in [3.05, 3.63) is 69.8 Å². The normalized spacial score (nSPS) is 11.4. The second-order valence-corrected chi connectivity index (χ2v) is 7.76. The van der Waals surface area contributed by atoms with E-state index in [-0.39, 0.29) is 41.1 Å². The summed E-state index contributed by atoms with van der Waals surface area (Å²) < 4.78 is 26.9. The highest BCUT2D eigenvalue weighted by molar-refractivity contribution is 14.0. The average Bonchev–Trinajstić information content (AvgIpc) is 2.68. The molecule has 2 aromatic rings. The number of hydrogen-bond donors (Lipinski definition) is 3. The van der Waals surface area contributed by atoms with E-state index in [4.69, 9.17) is 0 Å². The van der Waals surface area contributed by atoms with Crippen LogP contribution in [0.1, 0.15) is 11.1 Å². The fraction of sp³-hybridized carbons (Fsp3) is 0.278. The molecular weight excluding hydrogens is 509 g/mol. The Morgan fingerprint density at radius 3 is 2.41 bits per heavy atom. The molecule has 2 aromatic carbocycles. The number of hydrogen-bond acceptors (Lipinski definition) is 5. The maximum atomic E-state index is 12.3. The number of sulfonamides is 1. The summed E-state index contributed by atoms with van der Waals surface area (Å²) in [5.74, 6) is 0.537. The van der Waals surface area contributed by atoms with Gasteiger partial charge in [-0.05, 0) is 18.6 Å². The highest BCUT2D eigenvalue weighted by Gasteiger charge is 2.17. The number of benzene rings is 2. The molecule has 0 saturated heterocycles. The molecule has 9 nitrogen and oxygen atoms in total. The molecule has 2 rings (SSSR count). The van der Waals surface area contributed by atoms with Gasteiger partial charge in [0.2, 0.25) is 10.0 Å². The number of nitrogens with one attached hydrogen (secondary N) is 3. The van der Waals surface area contributed by atoms with Gasteiger partial charge in [-0.15, -0.1) is 24.0 Å². The summed E-state index contributed by atoms with van der Waals surface area (Å²) in [6.45, 7) is 2.99. The second kappa shape index (κ2) is 11.7. The summed E-state index contributed by atoms with van der Waals surface area (Å²) in [6.07, 6.45) is 0. The average molecular weight is 533 g/mol. The molecule has 0 radical (unpaired) electrons. The highest BCUT2D eigenvalue weighted by atomic mass is 127. The SMILES string of the molecule is CN=C(NCCNS(=O)(=O)c1cccc([N+](=O)[O-])c1)NCc1ccc(C)cc1.I. The van der Waals surface area contributed by atoms with Gasteiger partial charge in [0.05, 0.1) is 9.82 Å². The van der Waals surface area contributed by atoms with Crippen molar-refractivity contribution in [2.24, 2.45) is 4.99 Å². The van der Waals surface area contributed by atoms with Crippen molar-refractivity contribution in [1.29, 1.82) is 0 Å². The number of non-ortho nitro benzene ring substituents is 1. The number of halogens is 1. The van der Waals surface area contributed by atoms with Crippen LogP contribution < -0.4 is 15.4 Å². The maximum absolute atomic E-state index is 12.3. The lowest BCUT2D eigenvalue weighted by Gasteiger charge is -2.12. The van der Waals surface area contributed by atoms with Crippen LogP contribution in [0.2, 0.25) is 0 Å². The topological polar surface area (TPSA) is 126 Å². The zero-order valence-electron chi connectivity index (χ0n) is 16.1. The van der Waals surface area contributed by atoms with Gasteiger partial charge in [-0.1, -0.05) is 35.9 Å². The lowest BCUT2D eigenvalue weighted by atomic mass is 10.1.